The minimum absolute atomic E-state index is 0.346. The van der Waals surface area contributed by atoms with Gasteiger partial charge in [-0.25, -0.2) is 0 Å². The molecule has 5 atom stereocenters. The number of fused-ring (bicyclic) bond motifs is 1. The molecule has 5 unspecified atom stereocenters. The van der Waals surface area contributed by atoms with E-state index in [-0.39, 0.29) is 0 Å². The summed E-state index contributed by atoms with van der Waals surface area (Å²) in [6.07, 6.45) is 27.2. The SMILES string of the molecule is CC=CC1(C2CC=CC=C2C2=NC=CC3C=CC=CC23)CC1C. The van der Waals surface area contributed by atoms with Crippen LogP contribution in [0.15, 0.2) is 77.5 Å². The van der Waals surface area contributed by atoms with Gasteiger partial charge in [0.1, 0.15) is 0 Å². The van der Waals surface area contributed by atoms with Gasteiger partial charge in [0.15, 0.2) is 0 Å². The lowest BCUT2D eigenvalue weighted by molar-refractivity contribution is 0.412. The van der Waals surface area contributed by atoms with E-state index in [1.807, 2.05) is 6.20 Å². The maximum absolute atomic E-state index is 4.84. The van der Waals surface area contributed by atoms with Crippen molar-refractivity contribution in [2.45, 2.75) is 26.7 Å². The second-order valence-electron chi connectivity index (χ2n) is 7.28. The molecular formula is C22H25N. The topological polar surface area (TPSA) is 12.4 Å². The number of rotatable bonds is 3. The van der Waals surface area contributed by atoms with E-state index in [1.165, 1.54) is 17.7 Å². The van der Waals surface area contributed by atoms with E-state index in [1.54, 1.807) is 0 Å². The lowest BCUT2D eigenvalue weighted by atomic mass is 9.70. The Labute approximate surface area is 139 Å². The zero-order chi connectivity index (χ0) is 15.9. The van der Waals surface area contributed by atoms with Crippen molar-refractivity contribution in [3.8, 4) is 0 Å². The first kappa shape index (κ1) is 14.7. The Morgan fingerprint density at radius 2 is 2.00 bits per heavy atom. The van der Waals surface area contributed by atoms with Gasteiger partial charge in [0.25, 0.3) is 0 Å². The van der Waals surface area contributed by atoms with Gasteiger partial charge in [-0.1, -0.05) is 67.7 Å². The minimum Gasteiger partial charge on any atom is -0.261 e. The van der Waals surface area contributed by atoms with Gasteiger partial charge in [0.2, 0.25) is 0 Å². The highest BCUT2D eigenvalue weighted by atomic mass is 14.8. The van der Waals surface area contributed by atoms with Gasteiger partial charge in [-0.05, 0) is 42.6 Å². The number of allylic oxidation sites excluding steroid dienone is 11. The molecule has 1 saturated carbocycles. The van der Waals surface area contributed by atoms with Crippen LogP contribution < -0.4 is 0 Å². The van der Waals surface area contributed by atoms with Gasteiger partial charge in [0.05, 0.1) is 5.71 Å². The van der Waals surface area contributed by atoms with Crippen LogP contribution in [0.25, 0.3) is 0 Å². The van der Waals surface area contributed by atoms with Crippen molar-refractivity contribution in [1.29, 1.82) is 0 Å². The Hall–Kier alpha value is -1.89. The van der Waals surface area contributed by atoms with Crippen molar-refractivity contribution >= 4 is 5.71 Å². The fraction of sp³-hybridized carbons (Fsp3) is 0.409. The molecule has 0 saturated heterocycles. The molecule has 1 aliphatic heterocycles. The number of hydrogen-bond donors (Lipinski definition) is 0. The second kappa shape index (κ2) is 5.63. The van der Waals surface area contributed by atoms with E-state index in [2.05, 4.69) is 74.6 Å². The van der Waals surface area contributed by atoms with Crippen LogP contribution in [-0.2, 0) is 0 Å². The smallest absolute Gasteiger partial charge is 0.0516 e. The molecule has 0 aromatic rings. The quantitative estimate of drug-likeness (QED) is 0.617. The van der Waals surface area contributed by atoms with Gasteiger partial charge in [-0.2, -0.15) is 0 Å². The van der Waals surface area contributed by atoms with Crippen molar-refractivity contribution < 1.29 is 0 Å². The van der Waals surface area contributed by atoms with Crippen molar-refractivity contribution in [2.24, 2.45) is 34.1 Å². The molecule has 3 aliphatic carbocycles. The number of hydrogen-bond acceptors (Lipinski definition) is 1. The molecule has 0 spiro atoms. The van der Waals surface area contributed by atoms with Gasteiger partial charge >= 0.3 is 0 Å². The zero-order valence-electron chi connectivity index (χ0n) is 14.0. The Balaban J connectivity index is 1.71. The molecule has 1 heterocycles. The van der Waals surface area contributed by atoms with Gasteiger partial charge < -0.3 is 0 Å². The van der Waals surface area contributed by atoms with Crippen LogP contribution in [0.5, 0.6) is 0 Å². The van der Waals surface area contributed by atoms with Crippen LogP contribution in [0.1, 0.15) is 26.7 Å². The summed E-state index contributed by atoms with van der Waals surface area (Å²) in [7, 11) is 0. The fourth-order valence-electron chi connectivity index (χ4n) is 4.68. The molecule has 4 rings (SSSR count). The molecule has 0 radical (unpaired) electrons. The maximum Gasteiger partial charge on any atom is 0.0516 e. The summed E-state index contributed by atoms with van der Waals surface area (Å²) in [5, 5.41) is 0. The predicted octanol–water partition coefficient (Wildman–Crippen LogP) is 5.42. The average molecular weight is 303 g/mol. The van der Waals surface area contributed by atoms with Crippen LogP contribution in [0.4, 0.5) is 0 Å². The Morgan fingerprint density at radius 3 is 2.78 bits per heavy atom. The van der Waals surface area contributed by atoms with Gasteiger partial charge in [0, 0.05) is 18.0 Å². The van der Waals surface area contributed by atoms with Crippen LogP contribution >= 0.6 is 0 Å². The van der Waals surface area contributed by atoms with Crippen LogP contribution in [0.2, 0.25) is 0 Å². The molecule has 0 aromatic heterocycles. The van der Waals surface area contributed by atoms with Crippen molar-refractivity contribution in [3.05, 3.63) is 72.5 Å². The monoisotopic (exact) mass is 303 g/mol. The summed E-state index contributed by atoms with van der Waals surface area (Å²) in [5.74, 6) is 2.22. The molecule has 0 bridgehead atoms. The standard InChI is InChI=1S/C22H25N/c1-3-13-22(15-16(22)2)20-11-7-6-10-19(20)21-18-9-5-4-8-17(18)12-14-23-21/h3-10,12-14,16-18,20H,11,15H2,1-2H3. The number of aliphatic imine (C=N–C) groups is 1. The summed E-state index contributed by atoms with van der Waals surface area (Å²) in [6, 6.07) is 0. The molecule has 1 nitrogen and oxygen atoms in total. The van der Waals surface area contributed by atoms with Gasteiger partial charge in [-0.15, -0.1) is 0 Å². The highest BCUT2D eigenvalue weighted by molar-refractivity contribution is 6.05. The zero-order valence-corrected chi connectivity index (χ0v) is 14.0. The van der Waals surface area contributed by atoms with Crippen LogP contribution in [0, 0.1) is 29.1 Å². The third kappa shape index (κ3) is 2.34. The van der Waals surface area contributed by atoms with E-state index in [0.717, 1.165) is 12.3 Å². The summed E-state index contributed by atoms with van der Waals surface area (Å²) >= 11 is 0. The molecule has 4 aliphatic rings. The molecule has 1 heteroatoms. The molecule has 1 fully saturated rings. The summed E-state index contributed by atoms with van der Waals surface area (Å²) in [5.41, 5.74) is 3.10. The van der Waals surface area contributed by atoms with E-state index in [9.17, 15) is 0 Å². The van der Waals surface area contributed by atoms with Crippen molar-refractivity contribution in [3.63, 3.8) is 0 Å². The largest absolute Gasteiger partial charge is 0.261 e. The highest BCUT2D eigenvalue weighted by Gasteiger charge is 2.55. The highest BCUT2D eigenvalue weighted by Crippen LogP contribution is 2.62. The third-order valence-electron chi connectivity index (χ3n) is 6.01. The lowest BCUT2D eigenvalue weighted by Crippen LogP contribution is -2.31. The molecule has 0 N–H and O–H groups in total. The summed E-state index contributed by atoms with van der Waals surface area (Å²) < 4.78 is 0. The van der Waals surface area contributed by atoms with Crippen molar-refractivity contribution in [1.82, 2.24) is 0 Å². The van der Waals surface area contributed by atoms with Crippen LogP contribution in [-0.4, -0.2) is 5.71 Å². The van der Waals surface area contributed by atoms with Crippen LogP contribution in [0.3, 0.4) is 0 Å². The normalized spacial score (nSPS) is 41.0. The molecule has 0 amide bonds. The first-order chi connectivity index (χ1) is 11.3. The Bertz CT molecular complexity index is 697. The first-order valence-electron chi connectivity index (χ1n) is 8.86. The van der Waals surface area contributed by atoms with E-state index in [0.29, 0.717) is 23.2 Å². The molecule has 23 heavy (non-hydrogen) atoms. The maximum atomic E-state index is 4.84. The molecule has 118 valence electrons. The lowest BCUT2D eigenvalue weighted by Gasteiger charge is -2.34. The third-order valence-corrected chi connectivity index (χ3v) is 6.01. The van der Waals surface area contributed by atoms with E-state index >= 15 is 0 Å². The Morgan fingerprint density at radius 1 is 1.17 bits per heavy atom. The van der Waals surface area contributed by atoms with Crippen molar-refractivity contribution in [2.75, 3.05) is 0 Å². The second-order valence-corrected chi connectivity index (χ2v) is 7.28. The fourth-order valence-corrected chi connectivity index (χ4v) is 4.68. The minimum atomic E-state index is 0.346. The summed E-state index contributed by atoms with van der Waals surface area (Å²) in [4.78, 5) is 4.84. The van der Waals surface area contributed by atoms with Gasteiger partial charge in [-0.3, -0.25) is 4.99 Å². The summed E-state index contributed by atoms with van der Waals surface area (Å²) in [6.45, 7) is 4.55. The predicted molar refractivity (Wildman–Crippen MR) is 98.2 cm³/mol. The average Bonchev–Trinajstić information content (AvgIpc) is 3.25. The van der Waals surface area contributed by atoms with E-state index in [4.69, 9.17) is 4.99 Å². The number of nitrogens with zero attached hydrogens (tertiary/aromatic N) is 1. The molecular weight excluding hydrogens is 278 g/mol. The Kier molecular flexibility index (Phi) is 3.60. The van der Waals surface area contributed by atoms with E-state index < -0.39 is 0 Å². The first-order valence-corrected chi connectivity index (χ1v) is 8.86. The molecule has 0 aromatic carbocycles.